The number of carbonyl (C=O) groups is 2. The molecule has 2 fully saturated rings. The molecular formula is C13H21NO2. The fraction of sp³-hybridized carbons (Fsp3) is 0.846. The number of nitrogens with two attached hydrogens (primary N) is 1. The summed E-state index contributed by atoms with van der Waals surface area (Å²) < 4.78 is 0. The van der Waals surface area contributed by atoms with Crippen LogP contribution in [0, 0.1) is 29.1 Å². The van der Waals surface area contributed by atoms with Gasteiger partial charge in [-0.3, -0.25) is 4.79 Å². The lowest BCUT2D eigenvalue weighted by Crippen LogP contribution is -2.39. The molecule has 0 aliphatic heterocycles. The molecule has 16 heavy (non-hydrogen) atoms. The fourth-order valence-corrected chi connectivity index (χ4v) is 3.92. The lowest BCUT2D eigenvalue weighted by Gasteiger charge is -2.36. The molecule has 0 saturated heterocycles. The van der Waals surface area contributed by atoms with Crippen molar-refractivity contribution >= 4 is 12.2 Å². The highest BCUT2D eigenvalue weighted by molar-refractivity contribution is 5.80. The molecule has 2 aliphatic rings. The van der Waals surface area contributed by atoms with Crippen LogP contribution >= 0.6 is 0 Å². The minimum absolute atomic E-state index is 0.130. The standard InChI is InChI=1S/C13H21NO2/c1-8(7-15)11-4-9-3-10(11)6-13(2,5-9)12(14)16/h7-11H,3-6H2,1-2H3,(H2,14,16). The van der Waals surface area contributed by atoms with Crippen LogP contribution in [-0.4, -0.2) is 12.2 Å². The Balaban J connectivity index is 2.15. The Morgan fingerprint density at radius 1 is 1.44 bits per heavy atom. The van der Waals surface area contributed by atoms with Gasteiger partial charge in [-0.2, -0.15) is 0 Å². The molecule has 5 unspecified atom stereocenters. The number of carbonyl (C=O) groups excluding carboxylic acids is 2. The second kappa shape index (κ2) is 3.86. The molecule has 90 valence electrons. The Hall–Kier alpha value is -0.860. The number of aldehydes is 1. The summed E-state index contributed by atoms with van der Waals surface area (Å²) in [6, 6.07) is 0. The molecule has 3 nitrogen and oxygen atoms in total. The number of hydrogen-bond donors (Lipinski definition) is 1. The smallest absolute Gasteiger partial charge is 0.223 e. The van der Waals surface area contributed by atoms with E-state index in [4.69, 9.17) is 5.73 Å². The number of rotatable bonds is 3. The molecule has 1 amide bonds. The monoisotopic (exact) mass is 223 g/mol. The fourth-order valence-electron chi connectivity index (χ4n) is 3.92. The van der Waals surface area contributed by atoms with Gasteiger partial charge in [0.05, 0.1) is 0 Å². The van der Waals surface area contributed by atoms with Gasteiger partial charge in [0.25, 0.3) is 0 Å². The Kier molecular flexibility index (Phi) is 2.81. The van der Waals surface area contributed by atoms with Gasteiger partial charge in [-0.25, -0.2) is 0 Å². The molecule has 2 N–H and O–H groups in total. The van der Waals surface area contributed by atoms with E-state index in [1.54, 1.807) is 0 Å². The maximum absolute atomic E-state index is 11.5. The van der Waals surface area contributed by atoms with Crippen LogP contribution in [0.25, 0.3) is 0 Å². The lowest BCUT2D eigenvalue weighted by atomic mass is 9.68. The van der Waals surface area contributed by atoms with Crippen LogP contribution in [-0.2, 0) is 9.59 Å². The van der Waals surface area contributed by atoms with Crippen molar-refractivity contribution in [3.05, 3.63) is 0 Å². The molecule has 2 saturated carbocycles. The Morgan fingerprint density at radius 2 is 2.12 bits per heavy atom. The summed E-state index contributed by atoms with van der Waals surface area (Å²) in [4.78, 5) is 22.4. The molecule has 2 rings (SSSR count). The summed E-state index contributed by atoms with van der Waals surface area (Å²) in [5, 5.41) is 0. The second-order valence-electron chi connectivity index (χ2n) is 6.09. The van der Waals surface area contributed by atoms with Crippen LogP contribution in [0.3, 0.4) is 0 Å². The van der Waals surface area contributed by atoms with Crippen LogP contribution < -0.4 is 5.73 Å². The van der Waals surface area contributed by atoms with Crippen LogP contribution in [0.4, 0.5) is 0 Å². The molecule has 0 spiro atoms. The van der Waals surface area contributed by atoms with E-state index >= 15 is 0 Å². The minimum Gasteiger partial charge on any atom is -0.369 e. The van der Waals surface area contributed by atoms with Crippen molar-refractivity contribution < 1.29 is 9.59 Å². The third-order valence-corrected chi connectivity index (χ3v) is 4.78. The highest BCUT2D eigenvalue weighted by Crippen LogP contribution is 2.54. The van der Waals surface area contributed by atoms with Crippen molar-refractivity contribution in [1.82, 2.24) is 0 Å². The van der Waals surface area contributed by atoms with E-state index in [0.717, 1.165) is 25.5 Å². The third kappa shape index (κ3) is 1.76. The highest BCUT2D eigenvalue weighted by atomic mass is 16.1. The van der Waals surface area contributed by atoms with E-state index in [1.165, 1.54) is 6.42 Å². The van der Waals surface area contributed by atoms with Gasteiger partial charge in [0, 0.05) is 11.3 Å². The maximum Gasteiger partial charge on any atom is 0.223 e. The summed E-state index contributed by atoms with van der Waals surface area (Å²) >= 11 is 0. The first-order valence-corrected chi connectivity index (χ1v) is 6.21. The van der Waals surface area contributed by atoms with Crippen LogP contribution in [0.5, 0.6) is 0 Å². The van der Waals surface area contributed by atoms with Crippen LogP contribution in [0.2, 0.25) is 0 Å². The highest BCUT2D eigenvalue weighted by Gasteiger charge is 2.49. The molecule has 5 atom stereocenters. The predicted octanol–water partition coefficient (Wildman–Crippen LogP) is 1.75. The van der Waals surface area contributed by atoms with Gasteiger partial charge >= 0.3 is 0 Å². The second-order valence-corrected chi connectivity index (χ2v) is 6.09. The van der Waals surface area contributed by atoms with Crippen molar-refractivity contribution in [2.75, 3.05) is 0 Å². The average Bonchev–Trinajstić information content (AvgIpc) is 2.53. The maximum atomic E-state index is 11.5. The van der Waals surface area contributed by atoms with Gasteiger partial charge in [-0.1, -0.05) is 13.8 Å². The molecule has 0 heterocycles. The first-order valence-electron chi connectivity index (χ1n) is 6.21. The SMILES string of the molecule is CC(C=O)C1CC2CC1CC(C)(C(N)=O)C2. The van der Waals surface area contributed by atoms with E-state index in [-0.39, 0.29) is 17.2 Å². The van der Waals surface area contributed by atoms with E-state index in [9.17, 15) is 9.59 Å². The normalized spacial score (nSPS) is 44.0. The van der Waals surface area contributed by atoms with Crippen molar-refractivity contribution in [3.63, 3.8) is 0 Å². The number of primary amides is 1. The molecule has 0 aromatic heterocycles. The quantitative estimate of drug-likeness (QED) is 0.741. The zero-order chi connectivity index (χ0) is 11.9. The van der Waals surface area contributed by atoms with E-state index in [0.29, 0.717) is 17.8 Å². The van der Waals surface area contributed by atoms with Gasteiger partial charge in [0.2, 0.25) is 5.91 Å². The van der Waals surface area contributed by atoms with Crippen LogP contribution in [0.15, 0.2) is 0 Å². The number of hydrogen-bond acceptors (Lipinski definition) is 2. The zero-order valence-corrected chi connectivity index (χ0v) is 10.1. The van der Waals surface area contributed by atoms with Crippen molar-refractivity contribution in [2.45, 2.75) is 39.5 Å². The summed E-state index contributed by atoms with van der Waals surface area (Å²) in [6.45, 7) is 3.99. The first kappa shape index (κ1) is 11.6. The van der Waals surface area contributed by atoms with Gasteiger partial charge in [0.15, 0.2) is 0 Å². The minimum atomic E-state index is -0.328. The van der Waals surface area contributed by atoms with Gasteiger partial charge in [-0.15, -0.1) is 0 Å². The topological polar surface area (TPSA) is 60.2 Å². The number of fused-ring (bicyclic) bond motifs is 2. The van der Waals surface area contributed by atoms with Crippen molar-refractivity contribution in [3.8, 4) is 0 Å². The Morgan fingerprint density at radius 3 is 2.69 bits per heavy atom. The summed E-state index contributed by atoms with van der Waals surface area (Å²) in [6.07, 6.45) is 5.15. The van der Waals surface area contributed by atoms with Gasteiger partial charge < -0.3 is 10.5 Å². The number of amides is 1. The molecule has 0 radical (unpaired) electrons. The first-order chi connectivity index (χ1) is 7.46. The van der Waals surface area contributed by atoms with Crippen molar-refractivity contribution in [1.29, 1.82) is 0 Å². The average molecular weight is 223 g/mol. The third-order valence-electron chi connectivity index (χ3n) is 4.78. The van der Waals surface area contributed by atoms with E-state index < -0.39 is 0 Å². The molecule has 0 aromatic carbocycles. The van der Waals surface area contributed by atoms with Crippen molar-refractivity contribution in [2.24, 2.45) is 34.8 Å². The van der Waals surface area contributed by atoms with E-state index in [1.807, 2.05) is 13.8 Å². The Labute approximate surface area is 96.8 Å². The molecular weight excluding hydrogens is 202 g/mol. The summed E-state index contributed by atoms with van der Waals surface area (Å²) in [5.74, 6) is 1.57. The van der Waals surface area contributed by atoms with Crippen LogP contribution in [0.1, 0.15) is 39.5 Å². The molecule has 2 bridgehead atoms. The summed E-state index contributed by atoms with van der Waals surface area (Å²) in [5.41, 5.74) is 5.17. The largest absolute Gasteiger partial charge is 0.369 e. The molecule has 0 aromatic rings. The Bertz CT molecular complexity index is 315. The predicted molar refractivity (Wildman–Crippen MR) is 61.5 cm³/mol. The molecule has 3 heteroatoms. The van der Waals surface area contributed by atoms with Gasteiger partial charge in [-0.05, 0) is 43.4 Å². The van der Waals surface area contributed by atoms with Gasteiger partial charge in [0.1, 0.15) is 6.29 Å². The lowest BCUT2D eigenvalue weighted by molar-refractivity contribution is -0.129. The zero-order valence-electron chi connectivity index (χ0n) is 10.1. The molecule has 2 aliphatic carbocycles. The van der Waals surface area contributed by atoms with E-state index in [2.05, 4.69) is 0 Å². The summed E-state index contributed by atoms with van der Waals surface area (Å²) in [7, 11) is 0.